The molecule has 1 aromatic heterocycles. The highest BCUT2D eigenvalue weighted by Gasteiger charge is 2.34. The molecule has 5 rings (SSSR count). The second kappa shape index (κ2) is 9.16. The summed E-state index contributed by atoms with van der Waals surface area (Å²) in [5.41, 5.74) is 3.84. The Morgan fingerprint density at radius 2 is 2.06 bits per heavy atom. The van der Waals surface area contributed by atoms with Gasteiger partial charge < -0.3 is 14.6 Å². The fourth-order valence-corrected chi connectivity index (χ4v) is 5.43. The van der Waals surface area contributed by atoms with Crippen molar-refractivity contribution in [1.82, 2.24) is 19.8 Å². The van der Waals surface area contributed by atoms with E-state index >= 15 is 0 Å². The fourth-order valence-electron chi connectivity index (χ4n) is 5.43. The number of likely N-dealkylation sites (tertiary alicyclic amines) is 1. The monoisotopic (exact) mass is 436 g/mol. The summed E-state index contributed by atoms with van der Waals surface area (Å²) in [5, 5.41) is 0. The van der Waals surface area contributed by atoms with Crippen molar-refractivity contribution in [2.24, 2.45) is 0 Å². The van der Waals surface area contributed by atoms with E-state index in [1.54, 1.807) is 0 Å². The Hall–Kier alpha value is -2.51. The van der Waals surface area contributed by atoms with E-state index in [1.807, 2.05) is 30.0 Å². The van der Waals surface area contributed by atoms with Gasteiger partial charge in [0.05, 0.1) is 23.7 Å². The number of aromatic amines is 1. The lowest BCUT2D eigenvalue weighted by Crippen LogP contribution is -2.44. The van der Waals surface area contributed by atoms with Gasteiger partial charge in [-0.05, 0) is 38.2 Å². The predicted octanol–water partition coefficient (Wildman–Crippen LogP) is 2.52. The van der Waals surface area contributed by atoms with Crippen LogP contribution in [-0.4, -0.2) is 58.0 Å². The predicted molar refractivity (Wildman–Crippen MR) is 121 cm³/mol. The molecule has 2 fully saturated rings. The van der Waals surface area contributed by atoms with Crippen molar-refractivity contribution in [2.45, 2.75) is 64.1 Å². The van der Waals surface area contributed by atoms with Crippen molar-refractivity contribution in [3.05, 3.63) is 62.8 Å². The van der Waals surface area contributed by atoms with Crippen molar-refractivity contribution in [2.75, 3.05) is 26.3 Å². The van der Waals surface area contributed by atoms with Gasteiger partial charge in [-0.2, -0.15) is 0 Å². The van der Waals surface area contributed by atoms with Crippen LogP contribution in [0.3, 0.4) is 0 Å². The molecule has 7 nitrogen and oxygen atoms in total. The molecule has 3 aliphatic rings. The van der Waals surface area contributed by atoms with Crippen LogP contribution in [0.5, 0.6) is 0 Å². The maximum atomic E-state index is 13.1. The number of fused-ring (bicyclic) bond motifs is 1. The summed E-state index contributed by atoms with van der Waals surface area (Å²) >= 11 is 0. The van der Waals surface area contributed by atoms with Crippen molar-refractivity contribution < 1.29 is 9.53 Å². The molecule has 7 heteroatoms. The molecule has 0 spiro atoms. The minimum absolute atomic E-state index is 0.0419. The molecule has 170 valence electrons. The normalized spacial score (nSPS) is 22.2. The van der Waals surface area contributed by atoms with Crippen molar-refractivity contribution in [3.8, 4) is 0 Å². The zero-order valence-corrected chi connectivity index (χ0v) is 18.8. The highest BCUT2D eigenvalue weighted by Crippen LogP contribution is 2.31. The Balaban J connectivity index is 1.33. The molecule has 2 saturated heterocycles. The van der Waals surface area contributed by atoms with Crippen molar-refractivity contribution in [1.29, 1.82) is 0 Å². The van der Waals surface area contributed by atoms with Gasteiger partial charge in [-0.1, -0.05) is 29.8 Å². The first-order valence-electron chi connectivity index (χ1n) is 11.9. The number of hydrogen-bond acceptors (Lipinski definition) is 5. The van der Waals surface area contributed by atoms with E-state index in [0.29, 0.717) is 31.4 Å². The highest BCUT2D eigenvalue weighted by atomic mass is 16.5. The Bertz CT molecular complexity index is 1040. The highest BCUT2D eigenvalue weighted by molar-refractivity contribution is 5.79. The number of rotatable bonds is 4. The van der Waals surface area contributed by atoms with Gasteiger partial charge in [0.1, 0.15) is 5.82 Å². The molecule has 2 aromatic rings. The molecule has 0 aliphatic carbocycles. The largest absolute Gasteiger partial charge is 0.381 e. The SMILES string of the molecule is Cc1cccc(CC(=O)N2CCC[C@H]2c2nc3c(c(=O)[nH]2)CN(C2CCOCC2)CC3)c1. The van der Waals surface area contributed by atoms with Gasteiger partial charge in [-0.15, -0.1) is 0 Å². The molecule has 1 amide bonds. The summed E-state index contributed by atoms with van der Waals surface area (Å²) in [7, 11) is 0. The quantitative estimate of drug-likeness (QED) is 0.797. The number of benzene rings is 1. The minimum Gasteiger partial charge on any atom is -0.381 e. The second-order valence-electron chi connectivity index (χ2n) is 9.35. The van der Waals surface area contributed by atoms with Crippen molar-refractivity contribution >= 4 is 5.91 Å². The number of amides is 1. The molecule has 1 aromatic carbocycles. The zero-order chi connectivity index (χ0) is 22.1. The first-order valence-corrected chi connectivity index (χ1v) is 11.9. The number of nitrogens with zero attached hydrogens (tertiary/aromatic N) is 3. The number of aromatic nitrogens is 2. The van der Waals surface area contributed by atoms with E-state index in [1.165, 1.54) is 0 Å². The van der Waals surface area contributed by atoms with E-state index < -0.39 is 0 Å². The van der Waals surface area contributed by atoms with Crippen LogP contribution in [0.15, 0.2) is 29.1 Å². The van der Waals surface area contributed by atoms with Crippen LogP contribution in [0.2, 0.25) is 0 Å². The van der Waals surface area contributed by atoms with Gasteiger partial charge in [0, 0.05) is 45.3 Å². The second-order valence-corrected chi connectivity index (χ2v) is 9.35. The number of aryl methyl sites for hydroxylation is 1. The molecule has 32 heavy (non-hydrogen) atoms. The van der Waals surface area contributed by atoms with Gasteiger partial charge in [-0.25, -0.2) is 4.98 Å². The van der Waals surface area contributed by atoms with Crippen LogP contribution in [0.25, 0.3) is 0 Å². The molecule has 0 radical (unpaired) electrons. The maximum absolute atomic E-state index is 13.1. The third kappa shape index (κ3) is 4.36. The zero-order valence-electron chi connectivity index (χ0n) is 18.8. The third-order valence-electron chi connectivity index (χ3n) is 7.15. The van der Waals surface area contributed by atoms with Crippen LogP contribution < -0.4 is 5.56 Å². The number of H-pyrrole nitrogens is 1. The van der Waals surface area contributed by atoms with Crippen molar-refractivity contribution in [3.63, 3.8) is 0 Å². The van der Waals surface area contributed by atoms with E-state index in [-0.39, 0.29) is 17.5 Å². The van der Waals surface area contributed by atoms with Gasteiger partial charge in [-0.3, -0.25) is 14.5 Å². The average molecular weight is 437 g/mol. The number of carbonyl (C=O) groups excluding carboxylic acids is 1. The summed E-state index contributed by atoms with van der Waals surface area (Å²) in [6.45, 7) is 5.94. The molecular weight excluding hydrogens is 404 g/mol. The summed E-state index contributed by atoms with van der Waals surface area (Å²) in [6, 6.07) is 8.44. The average Bonchev–Trinajstić information content (AvgIpc) is 3.30. The summed E-state index contributed by atoms with van der Waals surface area (Å²) < 4.78 is 5.49. The van der Waals surface area contributed by atoms with Gasteiger partial charge in [0.2, 0.25) is 5.91 Å². The van der Waals surface area contributed by atoms with Gasteiger partial charge in [0.15, 0.2) is 0 Å². The Morgan fingerprint density at radius 3 is 2.88 bits per heavy atom. The third-order valence-corrected chi connectivity index (χ3v) is 7.15. The summed E-state index contributed by atoms with van der Waals surface area (Å²) in [5.74, 6) is 0.757. The number of carbonyl (C=O) groups is 1. The molecule has 1 N–H and O–H groups in total. The van der Waals surface area contributed by atoms with Gasteiger partial charge in [0.25, 0.3) is 5.56 Å². The summed E-state index contributed by atoms with van der Waals surface area (Å²) in [4.78, 5) is 38.4. The molecule has 0 unspecified atom stereocenters. The van der Waals surface area contributed by atoms with Crippen LogP contribution in [0, 0.1) is 6.92 Å². The summed E-state index contributed by atoms with van der Waals surface area (Å²) in [6.07, 6.45) is 5.00. The Kier molecular flexibility index (Phi) is 6.11. The molecule has 1 atom stereocenters. The molecule has 3 aliphatic heterocycles. The van der Waals surface area contributed by atoms with Crippen LogP contribution >= 0.6 is 0 Å². The Labute approximate surface area is 188 Å². The molecular formula is C25H32N4O3. The van der Waals surface area contributed by atoms with Crippen LogP contribution in [-0.2, 0) is 28.9 Å². The van der Waals surface area contributed by atoms with E-state index in [2.05, 4.69) is 16.0 Å². The lowest BCUT2D eigenvalue weighted by atomic mass is 10.0. The molecule has 4 heterocycles. The Morgan fingerprint density at radius 1 is 1.22 bits per heavy atom. The minimum atomic E-state index is -0.140. The standard InChI is InChI=1S/C25H32N4O3/c1-17-4-2-5-18(14-17)15-23(30)29-10-3-6-22(29)24-26-21-7-11-28(16-20(21)25(31)27-24)19-8-12-32-13-9-19/h2,4-5,14,19,22H,3,6-13,15-16H2,1H3,(H,26,27,31)/t22-/m0/s1. The lowest BCUT2D eigenvalue weighted by molar-refractivity contribution is -0.131. The first-order chi connectivity index (χ1) is 15.6. The number of hydrogen-bond donors (Lipinski definition) is 1. The van der Waals surface area contributed by atoms with E-state index in [9.17, 15) is 9.59 Å². The first kappa shape index (κ1) is 21.3. The maximum Gasteiger partial charge on any atom is 0.255 e. The molecule has 0 bridgehead atoms. The number of ether oxygens (including phenoxy) is 1. The van der Waals surface area contributed by atoms with E-state index in [4.69, 9.17) is 9.72 Å². The topological polar surface area (TPSA) is 78.5 Å². The van der Waals surface area contributed by atoms with Crippen LogP contribution in [0.1, 0.15) is 59.9 Å². The van der Waals surface area contributed by atoms with Gasteiger partial charge >= 0.3 is 0 Å². The fraction of sp³-hybridized carbons (Fsp3) is 0.560. The number of nitrogens with one attached hydrogen (secondary N) is 1. The molecule has 0 saturated carbocycles. The van der Waals surface area contributed by atoms with Crippen LogP contribution in [0.4, 0.5) is 0 Å². The smallest absolute Gasteiger partial charge is 0.255 e. The van der Waals surface area contributed by atoms with E-state index in [0.717, 1.165) is 74.2 Å². The lowest BCUT2D eigenvalue weighted by Gasteiger charge is -2.37.